The summed E-state index contributed by atoms with van der Waals surface area (Å²) in [6.45, 7) is 0.481. The van der Waals surface area contributed by atoms with Crippen molar-refractivity contribution >= 4 is 17.2 Å². The van der Waals surface area contributed by atoms with Crippen molar-refractivity contribution in [1.29, 1.82) is 0 Å². The van der Waals surface area contributed by atoms with Gasteiger partial charge in [-0.05, 0) is 17.5 Å². The Bertz CT molecular complexity index is 394. The van der Waals surface area contributed by atoms with E-state index in [-0.39, 0.29) is 5.91 Å². The van der Waals surface area contributed by atoms with E-state index in [1.54, 1.807) is 12.3 Å². The summed E-state index contributed by atoms with van der Waals surface area (Å²) in [6, 6.07) is 3.63. The second-order valence-electron chi connectivity index (χ2n) is 2.78. The Morgan fingerprint density at radius 3 is 3.14 bits per heavy atom. The SMILES string of the molecule is O=C(NCc1ccn[nH]1)c1ccsc1. The van der Waals surface area contributed by atoms with Crippen molar-refractivity contribution in [2.24, 2.45) is 0 Å². The zero-order valence-electron chi connectivity index (χ0n) is 7.36. The highest BCUT2D eigenvalue weighted by atomic mass is 32.1. The van der Waals surface area contributed by atoms with Gasteiger partial charge >= 0.3 is 0 Å². The monoisotopic (exact) mass is 207 g/mol. The number of hydrogen-bond donors (Lipinski definition) is 2. The number of aromatic amines is 1. The van der Waals surface area contributed by atoms with E-state index in [0.29, 0.717) is 12.1 Å². The summed E-state index contributed by atoms with van der Waals surface area (Å²) >= 11 is 1.51. The van der Waals surface area contributed by atoms with Gasteiger partial charge in [-0.3, -0.25) is 9.89 Å². The molecule has 0 aliphatic carbocycles. The Morgan fingerprint density at radius 1 is 1.57 bits per heavy atom. The largest absolute Gasteiger partial charge is 0.346 e. The van der Waals surface area contributed by atoms with Crippen LogP contribution in [0.5, 0.6) is 0 Å². The van der Waals surface area contributed by atoms with Gasteiger partial charge in [-0.25, -0.2) is 0 Å². The molecule has 0 spiro atoms. The molecule has 0 fully saturated rings. The lowest BCUT2D eigenvalue weighted by Crippen LogP contribution is -2.22. The first kappa shape index (κ1) is 8.96. The summed E-state index contributed by atoms with van der Waals surface area (Å²) in [5.41, 5.74) is 1.60. The molecule has 2 heterocycles. The fraction of sp³-hybridized carbons (Fsp3) is 0.111. The van der Waals surface area contributed by atoms with Crippen LogP contribution in [0.3, 0.4) is 0 Å². The highest BCUT2D eigenvalue weighted by Gasteiger charge is 2.04. The van der Waals surface area contributed by atoms with Crippen molar-refractivity contribution in [3.05, 3.63) is 40.3 Å². The predicted octanol–water partition coefficient (Wildman–Crippen LogP) is 1.40. The molecular formula is C9H9N3OS. The second-order valence-corrected chi connectivity index (χ2v) is 3.56. The van der Waals surface area contributed by atoms with Gasteiger partial charge in [0.25, 0.3) is 5.91 Å². The average molecular weight is 207 g/mol. The second kappa shape index (κ2) is 4.06. The Morgan fingerprint density at radius 2 is 2.50 bits per heavy atom. The van der Waals surface area contributed by atoms with Gasteiger partial charge in [-0.15, -0.1) is 0 Å². The fourth-order valence-corrected chi connectivity index (χ4v) is 1.69. The van der Waals surface area contributed by atoms with Crippen molar-refractivity contribution in [3.8, 4) is 0 Å². The number of aromatic nitrogens is 2. The average Bonchev–Trinajstić information content (AvgIpc) is 2.87. The van der Waals surface area contributed by atoms with Gasteiger partial charge in [-0.1, -0.05) is 0 Å². The van der Waals surface area contributed by atoms with E-state index in [1.165, 1.54) is 11.3 Å². The minimum atomic E-state index is -0.0548. The maximum absolute atomic E-state index is 11.5. The molecule has 0 bridgehead atoms. The maximum Gasteiger partial charge on any atom is 0.252 e. The third-order valence-electron chi connectivity index (χ3n) is 1.78. The molecule has 5 heteroatoms. The van der Waals surface area contributed by atoms with Crippen molar-refractivity contribution in [1.82, 2.24) is 15.5 Å². The zero-order valence-corrected chi connectivity index (χ0v) is 8.17. The number of hydrogen-bond acceptors (Lipinski definition) is 3. The van der Waals surface area contributed by atoms with Gasteiger partial charge in [0.1, 0.15) is 0 Å². The molecular weight excluding hydrogens is 198 g/mol. The first-order chi connectivity index (χ1) is 6.86. The lowest BCUT2D eigenvalue weighted by Gasteiger charge is -2.00. The van der Waals surface area contributed by atoms with Crippen LogP contribution < -0.4 is 5.32 Å². The highest BCUT2D eigenvalue weighted by molar-refractivity contribution is 7.08. The van der Waals surface area contributed by atoms with E-state index in [0.717, 1.165) is 5.69 Å². The molecule has 0 aliphatic heterocycles. The Labute approximate surface area is 85.0 Å². The standard InChI is InChI=1S/C9H9N3OS/c13-9(7-2-4-14-6-7)10-5-8-1-3-11-12-8/h1-4,6H,5H2,(H,10,13)(H,11,12). The smallest absolute Gasteiger partial charge is 0.252 e. The van der Waals surface area contributed by atoms with Crippen LogP contribution in [0.4, 0.5) is 0 Å². The molecule has 2 N–H and O–H groups in total. The number of amides is 1. The van der Waals surface area contributed by atoms with E-state index in [2.05, 4.69) is 15.5 Å². The third-order valence-corrected chi connectivity index (χ3v) is 2.46. The Hall–Kier alpha value is -1.62. The summed E-state index contributed by atoms with van der Waals surface area (Å²) in [5.74, 6) is -0.0548. The number of carbonyl (C=O) groups is 1. The fourth-order valence-electron chi connectivity index (χ4n) is 1.05. The molecule has 0 aromatic carbocycles. The topological polar surface area (TPSA) is 57.8 Å². The van der Waals surface area contributed by atoms with Crippen LogP contribution >= 0.6 is 11.3 Å². The van der Waals surface area contributed by atoms with Crippen LogP contribution in [-0.2, 0) is 6.54 Å². The zero-order chi connectivity index (χ0) is 9.80. The van der Waals surface area contributed by atoms with Crippen molar-refractivity contribution in [3.63, 3.8) is 0 Å². The van der Waals surface area contributed by atoms with Gasteiger partial charge < -0.3 is 5.32 Å². The molecule has 2 aromatic rings. The van der Waals surface area contributed by atoms with Gasteiger partial charge in [0, 0.05) is 17.1 Å². The first-order valence-corrected chi connectivity index (χ1v) is 5.09. The summed E-state index contributed by atoms with van der Waals surface area (Å²) in [7, 11) is 0. The van der Waals surface area contributed by atoms with Crippen LogP contribution in [0.25, 0.3) is 0 Å². The molecule has 0 unspecified atom stereocenters. The molecule has 0 aliphatic rings. The quantitative estimate of drug-likeness (QED) is 0.799. The summed E-state index contributed by atoms with van der Waals surface area (Å²) < 4.78 is 0. The normalized spacial score (nSPS) is 10.0. The number of thiophene rings is 1. The number of carbonyl (C=O) groups excluding carboxylic acids is 1. The minimum absolute atomic E-state index is 0.0548. The molecule has 0 saturated carbocycles. The van der Waals surface area contributed by atoms with E-state index in [4.69, 9.17) is 0 Å². The predicted molar refractivity (Wildman–Crippen MR) is 54.1 cm³/mol. The van der Waals surface area contributed by atoms with Gasteiger partial charge in [0.05, 0.1) is 12.2 Å². The van der Waals surface area contributed by atoms with Crippen molar-refractivity contribution in [2.75, 3.05) is 0 Å². The molecule has 0 saturated heterocycles. The lowest BCUT2D eigenvalue weighted by atomic mass is 10.3. The minimum Gasteiger partial charge on any atom is -0.346 e. The van der Waals surface area contributed by atoms with E-state index >= 15 is 0 Å². The summed E-state index contributed by atoms with van der Waals surface area (Å²) in [5, 5.41) is 13.1. The Kier molecular flexibility index (Phi) is 2.60. The maximum atomic E-state index is 11.5. The van der Waals surface area contributed by atoms with Gasteiger partial charge in [-0.2, -0.15) is 16.4 Å². The number of rotatable bonds is 3. The molecule has 1 amide bonds. The Balaban J connectivity index is 1.90. The molecule has 72 valence electrons. The lowest BCUT2D eigenvalue weighted by molar-refractivity contribution is 0.0951. The van der Waals surface area contributed by atoms with Gasteiger partial charge in [0.15, 0.2) is 0 Å². The van der Waals surface area contributed by atoms with Crippen LogP contribution in [-0.4, -0.2) is 16.1 Å². The molecule has 0 radical (unpaired) electrons. The van der Waals surface area contributed by atoms with Gasteiger partial charge in [0.2, 0.25) is 0 Å². The number of nitrogens with one attached hydrogen (secondary N) is 2. The van der Waals surface area contributed by atoms with Crippen LogP contribution in [0.1, 0.15) is 16.1 Å². The molecule has 4 nitrogen and oxygen atoms in total. The summed E-state index contributed by atoms with van der Waals surface area (Å²) in [6.07, 6.45) is 1.66. The van der Waals surface area contributed by atoms with Crippen LogP contribution in [0.15, 0.2) is 29.1 Å². The summed E-state index contributed by atoms with van der Waals surface area (Å²) in [4.78, 5) is 11.5. The van der Waals surface area contributed by atoms with E-state index in [1.807, 2.05) is 16.8 Å². The van der Waals surface area contributed by atoms with Crippen LogP contribution in [0, 0.1) is 0 Å². The molecule has 2 aromatic heterocycles. The molecule has 14 heavy (non-hydrogen) atoms. The van der Waals surface area contributed by atoms with Crippen molar-refractivity contribution in [2.45, 2.75) is 6.54 Å². The van der Waals surface area contributed by atoms with E-state index in [9.17, 15) is 4.79 Å². The number of nitrogens with zero attached hydrogens (tertiary/aromatic N) is 1. The van der Waals surface area contributed by atoms with Crippen molar-refractivity contribution < 1.29 is 4.79 Å². The number of H-pyrrole nitrogens is 1. The molecule has 0 atom stereocenters. The first-order valence-electron chi connectivity index (χ1n) is 4.15. The third kappa shape index (κ3) is 2.00. The van der Waals surface area contributed by atoms with E-state index < -0.39 is 0 Å². The highest BCUT2D eigenvalue weighted by Crippen LogP contribution is 2.05. The van der Waals surface area contributed by atoms with Crippen LogP contribution in [0.2, 0.25) is 0 Å². The molecule has 2 rings (SSSR count).